The number of ether oxygens (including phenoxy) is 1. The molecule has 3 aromatic rings. The van der Waals surface area contributed by atoms with Crippen molar-refractivity contribution in [3.8, 4) is 11.4 Å². The van der Waals surface area contributed by atoms with Gasteiger partial charge < -0.3 is 14.6 Å². The second-order valence-electron chi connectivity index (χ2n) is 5.72. The van der Waals surface area contributed by atoms with Crippen molar-refractivity contribution in [2.24, 2.45) is 0 Å². The fourth-order valence-corrected chi connectivity index (χ4v) is 2.43. The van der Waals surface area contributed by atoms with E-state index >= 15 is 0 Å². The predicted octanol–water partition coefficient (Wildman–Crippen LogP) is 2.36. The molecule has 0 spiro atoms. The second-order valence-corrected chi connectivity index (χ2v) is 5.72. The van der Waals surface area contributed by atoms with Crippen LogP contribution in [-0.4, -0.2) is 30.0 Å². The molecule has 138 valence electrons. The Morgan fingerprint density at radius 2 is 1.59 bits per heavy atom. The fraction of sp³-hybridized carbons (Fsp3) is 0.100. The van der Waals surface area contributed by atoms with Gasteiger partial charge in [0.15, 0.2) is 0 Å². The highest BCUT2D eigenvalue weighted by atomic mass is 16.5. The molecule has 0 unspecified atom stereocenters. The molecule has 0 fully saturated rings. The quantitative estimate of drug-likeness (QED) is 0.586. The molecule has 27 heavy (non-hydrogen) atoms. The molecule has 0 radical (unpaired) electrons. The van der Waals surface area contributed by atoms with E-state index in [-0.39, 0.29) is 18.4 Å². The Hall–Kier alpha value is -3.74. The van der Waals surface area contributed by atoms with Gasteiger partial charge in [0.25, 0.3) is 11.8 Å². The summed E-state index contributed by atoms with van der Waals surface area (Å²) in [7, 11) is 1.59. The molecule has 0 saturated heterocycles. The zero-order chi connectivity index (χ0) is 19.1. The average molecular weight is 364 g/mol. The molecular formula is C20H20N4O3. The maximum atomic E-state index is 12.1. The third-order valence-electron chi connectivity index (χ3n) is 3.89. The zero-order valence-electron chi connectivity index (χ0n) is 14.8. The first-order valence-electron chi connectivity index (χ1n) is 8.36. The molecule has 0 bridgehead atoms. The summed E-state index contributed by atoms with van der Waals surface area (Å²) >= 11 is 0. The molecule has 2 aromatic carbocycles. The first-order chi connectivity index (χ1) is 13.2. The molecule has 0 aliphatic heterocycles. The van der Waals surface area contributed by atoms with Gasteiger partial charge in [-0.1, -0.05) is 0 Å². The lowest BCUT2D eigenvalue weighted by Gasteiger charge is -2.10. The Bertz CT molecular complexity index is 888. The van der Waals surface area contributed by atoms with Crippen molar-refractivity contribution in [1.29, 1.82) is 0 Å². The minimum Gasteiger partial charge on any atom is -0.497 e. The first-order valence-corrected chi connectivity index (χ1v) is 8.36. The first kappa shape index (κ1) is 18.1. The van der Waals surface area contributed by atoms with Crippen LogP contribution in [0, 0.1) is 0 Å². The monoisotopic (exact) mass is 364 g/mol. The Labute approximate surface area is 156 Å². The van der Waals surface area contributed by atoms with Gasteiger partial charge in [0.2, 0.25) is 0 Å². The van der Waals surface area contributed by atoms with Crippen LogP contribution in [0.15, 0.2) is 73.1 Å². The number of hydrogen-bond donors (Lipinski definition) is 3. The summed E-state index contributed by atoms with van der Waals surface area (Å²) in [5.41, 5.74) is 6.96. The molecule has 0 aliphatic carbocycles. The van der Waals surface area contributed by atoms with Crippen molar-refractivity contribution in [2.45, 2.75) is 0 Å². The van der Waals surface area contributed by atoms with E-state index in [0.717, 1.165) is 17.1 Å². The van der Waals surface area contributed by atoms with E-state index < -0.39 is 0 Å². The third kappa shape index (κ3) is 4.88. The van der Waals surface area contributed by atoms with Crippen LogP contribution in [0.3, 0.4) is 0 Å². The van der Waals surface area contributed by atoms with Crippen LogP contribution in [0.1, 0.15) is 10.4 Å². The molecule has 2 amide bonds. The van der Waals surface area contributed by atoms with Crippen LogP contribution >= 0.6 is 0 Å². The second kappa shape index (κ2) is 8.57. The largest absolute Gasteiger partial charge is 0.497 e. The Balaban J connectivity index is 1.45. The summed E-state index contributed by atoms with van der Waals surface area (Å²) in [6, 6.07) is 18.1. The summed E-state index contributed by atoms with van der Waals surface area (Å²) in [6.45, 7) is 0.0270. The number of hydrazine groups is 1. The van der Waals surface area contributed by atoms with Crippen LogP contribution < -0.4 is 20.9 Å². The Kier molecular flexibility index (Phi) is 5.73. The van der Waals surface area contributed by atoms with Gasteiger partial charge in [-0.2, -0.15) is 0 Å². The minimum absolute atomic E-state index is 0.0270. The van der Waals surface area contributed by atoms with Crippen LogP contribution in [0.25, 0.3) is 5.69 Å². The molecule has 3 rings (SSSR count). The Morgan fingerprint density at radius 3 is 2.22 bits per heavy atom. The van der Waals surface area contributed by atoms with Gasteiger partial charge >= 0.3 is 0 Å². The van der Waals surface area contributed by atoms with Gasteiger partial charge in [-0.05, 0) is 60.7 Å². The highest BCUT2D eigenvalue weighted by Crippen LogP contribution is 2.14. The number of rotatable bonds is 6. The maximum absolute atomic E-state index is 12.1. The zero-order valence-corrected chi connectivity index (χ0v) is 14.8. The summed E-state index contributed by atoms with van der Waals surface area (Å²) < 4.78 is 7.01. The molecular weight excluding hydrogens is 344 g/mol. The van der Waals surface area contributed by atoms with E-state index in [4.69, 9.17) is 4.74 Å². The van der Waals surface area contributed by atoms with Crippen molar-refractivity contribution in [3.63, 3.8) is 0 Å². The number of nitrogens with zero attached hydrogens (tertiary/aromatic N) is 1. The number of amides is 2. The van der Waals surface area contributed by atoms with Crippen molar-refractivity contribution in [1.82, 2.24) is 15.4 Å². The van der Waals surface area contributed by atoms with E-state index in [1.807, 2.05) is 41.2 Å². The molecule has 7 nitrogen and oxygen atoms in total. The van der Waals surface area contributed by atoms with E-state index in [1.165, 1.54) is 0 Å². The number of hydrogen-bond acceptors (Lipinski definition) is 4. The van der Waals surface area contributed by atoms with Gasteiger partial charge in [0.1, 0.15) is 5.75 Å². The molecule has 0 saturated carbocycles. The average Bonchev–Trinajstić information content (AvgIpc) is 3.26. The normalized spacial score (nSPS) is 10.1. The van der Waals surface area contributed by atoms with Gasteiger partial charge in [-0.15, -0.1) is 0 Å². The summed E-state index contributed by atoms with van der Waals surface area (Å²) in [5.74, 6) is -0.00459. The predicted molar refractivity (Wildman–Crippen MR) is 103 cm³/mol. The van der Waals surface area contributed by atoms with Crippen molar-refractivity contribution >= 4 is 17.5 Å². The number of benzene rings is 2. The standard InChI is InChI=1S/C20H20N4O3/c1-27-18-10-6-16(7-11-18)21-14-19(25)22-23-20(26)15-4-8-17(9-5-15)24-12-2-3-13-24/h2-13,21H,14H2,1H3,(H,22,25)(H,23,26). The number of aromatic nitrogens is 1. The molecule has 0 atom stereocenters. The number of carbonyl (C=O) groups excluding carboxylic acids is 2. The molecule has 3 N–H and O–H groups in total. The summed E-state index contributed by atoms with van der Waals surface area (Å²) in [5, 5.41) is 2.96. The maximum Gasteiger partial charge on any atom is 0.269 e. The number of nitrogens with one attached hydrogen (secondary N) is 3. The third-order valence-corrected chi connectivity index (χ3v) is 3.89. The van der Waals surface area contributed by atoms with Crippen molar-refractivity contribution in [2.75, 3.05) is 19.0 Å². The van der Waals surface area contributed by atoms with Gasteiger partial charge in [0.05, 0.1) is 13.7 Å². The van der Waals surface area contributed by atoms with Crippen molar-refractivity contribution in [3.05, 3.63) is 78.6 Å². The van der Waals surface area contributed by atoms with E-state index in [9.17, 15) is 9.59 Å². The summed E-state index contributed by atoms with van der Waals surface area (Å²) in [4.78, 5) is 24.0. The number of carbonyl (C=O) groups is 2. The van der Waals surface area contributed by atoms with Crippen LogP contribution in [-0.2, 0) is 4.79 Å². The van der Waals surface area contributed by atoms with E-state index in [0.29, 0.717) is 5.56 Å². The summed E-state index contributed by atoms with van der Waals surface area (Å²) in [6.07, 6.45) is 3.84. The van der Waals surface area contributed by atoms with Gasteiger partial charge in [0, 0.05) is 29.3 Å². The van der Waals surface area contributed by atoms with Crippen LogP contribution in [0.4, 0.5) is 5.69 Å². The fourth-order valence-electron chi connectivity index (χ4n) is 2.43. The molecule has 0 aliphatic rings. The van der Waals surface area contributed by atoms with E-state index in [2.05, 4.69) is 16.2 Å². The Morgan fingerprint density at radius 1 is 0.926 bits per heavy atom. The van der Waals surface area contributed by atoms with Crippen LogP contribution in [0.2, 0.25) is 0 Å². The SMILES string of the molecule is COc1ccc(NCC(=O)NNC(=O)c2ccc(-n3cccc3)cc2)cc1. The molecule has 1 aromatic heterocycles. The highest BCUT2D eigenvalue weighted by Gasteiger charge is 2.08. The smallest absolute Gasteiger partial charge is 0.269 e. The minimum atomic E-state index is -0.383. The lowest BCUT2D eigenvalue weighted by molar-refractivity contribution is -0.120. The number of methoxy groups -OCH3 is 1. The van der Waals surface area contributed by atoms with Gasteiger partial charge in [-0.3, -0.25) is 20.4 Å². The highest BCUT2D eigenvalue weighted by molar-refractivity contribution is 5.95. The topological polar surface area (TPSA) is 84.4 Å². The van der Waals surface area contributed by atoms with Gasteiger partial charge in [-0.25, -0.2) is 0 Å². The lowest BCUT2D eigenvalue weighted by Crippen LogP contribution is -2.44. The lowest BCUT2D eigenvalue weighted by atomic mass is 10.2. The number of anilines is 1. The molecule has 7 heteroatoms. The van der Waals surface area contributed by atoms with E-state index in [1.54, 1.807) is 43.5 Å². The van der Waals surface area contributed by atoms with Crippen molar-refractivity contribution < 1.29 is 14.3 Å². The van der Waals surface area contributed by atoms with Crippen LogP contribution in [0.5, 0.6) is 5.75 Å². The molecule has 1 heterocycles.